The molecule has 5 nitrogen and oxygen atoms in total. The molecule has 0 saturated heterocycles. The Morgan fingerprint density at radius 1 is 1.06 bits per heavy atom. The fraction of sp³-hybridized carbons (Fsp3) is 1.00. The first-order valence-electron chi connectivity index (χ1n) is 4.03. The molecule has 0 aliphatic rings. The highest BCUT2D eigenvalue weighted by atomic mass is 79.9. The van der Waals surface area contributed by atoms with E-state index < -0.39 is 14.7 Å². The molecule has 0 aromatic rings. The van der Waals surface area contributed by atoms with Crippen LogP contribution in [0.1, 0.15) is 26.7 Å². The average Bonchev–Trinajstić information content (AvgIpc) is 2.00. The van der Waals surface area contributed by atoms with E-state index in [9.17, 15) is 9.46 Å². The molecule has 0 radical (unpaired) electrons. The Hall–Kier alpha value is 1.99. The van der Waals surface area contributed by atoms with Crippen molar-refractivity contribution < 1.29 is 18.5 Å². The topological polar surface area (TPSA) is 90.8 Å². The van der Waals surface area contributed by atoms with Gasteiger partial charge in [-0.1, -0.05) is 13.8 Å². The van der Waals surface area contributed by atoms with Gasteiger partial charge >= 0.3 is 7.82 Å². The van der Waals surface area contributed by atoms with Crippen molar-refractivity contribution in [1.29, 1.82) is 0 Å². The van der Waals surface area contributed by atoms with E-state index in [1.807, 2.05) is 0 Å². The average molecular weight is 515 g/mol. The maximum Gasteiger partial charge on any atom is 0.476 e. The van der Waals surface area contributed by atoms with Gasteiger partial charge in [-0.25, -0.2) is 4.57 Å². The Kier molecular flexibility index (Phi) is 9.58. The molecular formula is C6H14Br4NO4P. The fourth-order valence-electron chi connectivity index (χ4n) is 0.485. The van der Waals surface area contributed by atoms with Gasteiger partial charge in [-0.15, -0.1) is 0 Å². The maximum atomic E-state index is 11.6. The zero-order chi connectivity index (χ0) is 12.3. The van der Waals surface area contributed by atoms with Crippen LogP contribution in [-0.4, -0.2) is 11.7 Å². The van der Waals surface area contributed by atoms with Crippen molar-refractivity contribution in [3.05, 3.63) is 0 Å². The molecule has 0 spiro atoms. The van der Waals surface area contributed by atoms with Crippen LogP contribution in [0, 0.1) is 0 Å². The smallest absolute Gasteiger partial charge is 0.344 e. The molecule has 10 heteroatoms. The highest BCUT2D eigenvalue weighted by Crippen LogP contribution is 2.57. The van der Waals surface area contributed by atoms with Gasteiger partial charge in [0, 0.05) is 0 Å². The number of hydrogen-bond acceptors (Lipinski definition) is 4. The molecule has 0 rings (SSSR count). The van der Waals surface area contributed by atoms with E-state index in [4.69, 9.17) is 9.05 Å². The van der Waals surface area contributed by atoms with Gasteiger partial charge in [0.1, 0.15) is 0 Å². The quantitative estimate of drug-likeness (QED) is 0.385. The molecule has 0 aromatic heterocycles. The van der Waals surface area contributed by atoms with E-state index in [2.05, 4.69) is 63.7 Å². The molecule has 0 fully saturated rings. The summed E-state index contributed by atoms with van der Waals surface area (Å²) >= 11 is 12.4. The van der Waals surface area contributed by atoms with Crippen LogP contribution in [-0.2, 0) is 13.6 Å². The van der Waals surface area contributed by atoms with E-state index in [-0.39, 0.29) is 6.15 Å². The Bertz CT molecular complexity index is 241. The molecule has 0 aliphatic heterocycles. The van der Waals surface area contributed by atoms with E-state index in [1.165, 1.54) is 0 Å². The molecule has 0 unspecified atom stereocenters. The number of halogens is 4. The van der Waals surface area contributed by atoms with Crippen molar-refractivity contribution in [2.75, 3.05) is 0 Å². The predicted octanol–water partition coefficient (Wildman–Crippen LogP) is 4.99. The minimum atomic E-state index is -4.16. The van der Waals surface area contributed by atoms with Gasteiger partial charge in [-0.3, -0.25) is 9.05 Å². The molecule has 0 bridgehead atoms. The summed E-state index contributed by atoms with van der Waals surface area (Å²) in [4.78, 5) is 9.44. The van der Waals surface area contributed by atoms with Gasteiger partial charge < -0.3 is 11.0 Å². The molecule has 0 aromatic carbocycles. The molecule has 100 valence electrons. The molecule has 0 atom stereocenters. The highest BCUT2D eigenvalue weighted by Gasteiger charge is 2.39. The molecule has 0 amide bonds. The normalized spacial score (nSPS) is 13.4. The predicted molar refractivity (Wildman–Crippen MR) is 78.8 cm³/mol. The van der Waals surface area contributed by atoms with Crippen LogP contribution in [0.4, 0.5) is 0 Å². The SMILES string of the molecule is CCC(Br)(Br)OP(=O)(O)OC(Br)(Br)CC.N. The third-order valence-electron chi connectivity index (χ3n) is 1.32. The summed E-state index contributed by atoms with van der Waals surface area (Å²) in [6.45, 7) is 3.55. The lowest BCUT2D eigenvalue weighted by molar-refractivity contribution is 0.115. The first kappa shape index (κ1) is 20.3. The summed E-state index contributed by atoms with van der Waals surface area (Å²) < 4.78 is 19.2. The van der Waals surface area contributed by atoms with Crippen molar-refractivity contribution in [1.82, 2.24) is 6.15 Å². The van der Waals surface area contributed by atoms with E-state index in [0.717, 1.165) is 0 Å². The zero-order valence-corrected chi connectivity index (χ0v) is 16.0. The van der Waals surface area contributed by atoms with Crippen LogP contribution in [0.15, 0.2) is 0 Å². The van der Waals surface area contributed by atoms with Gasteiger partial charge in [0.25, 0.3) is 0 Å². The first-order chi connectivity index (χ1) is 6.54. The number of phosphoric acid groups is 1. The lowest BCUT2D eigenvalue weighted by Gasteiger charge is -2.26. The second-order valence-electron chi connectivity index (χ2n) is 2.63. The van der Waals surface area contributed by atoms with Gasteiger partial charge in [0.15, 0.2) is 6.84 Å². The molecule has 0 saturated carbocycles. The fourth-order valence-corrected chi connectivity index (χ4v) is 3.65. The van der Waals surface area contributed by atoms with Crippen LogP contribution in [0.25, 0.3) is 0 Å². The van der Waals surface area contributed by atoms with Crippen LogP contribution >= 0.6 is 71.5 Å². The first-order valence-corrected chi connectivity index (χ1v) is 8.70. The van der Waals surface area contributed by atoms with Gasteiger partial charge in [-0.05, 0) is 76.6 Å². The number of phosphoric ester groups is 1. The maximum absolute atomic E-state index is 11.6. The summed E-state index contributed by atoms with van der Waals surface area (Å²) in [5.74, 6) is 0. The Morgan fingerprint density at radius 2 is 1.31 bits per heavy atom. The van der Waals surface area contributed by atoms with Crippen molar-refractivity contribution in [3.8, 4) is 0 Å². The highest BCUT2D eigenvalue weighted by molar-refractivity contribution is 9.25. The van der Waals surface area contributed by atoms with Crippen molar-refractivity contribution in [2.45, 2.75) is 33.5 Å². The summed E-state index contributed by atoms with van der Waals surface area (Å²) in [6, 6.07) is 0. The van der Waals surface area contributed by atoms with Crippen molar-refractivity contribution in [3.63, 3.8) is 0 Å². The molecular weight excluding hydrogens is 501 g/mol. The second kappa shape index (κ2) is 7.55. The Morgan fingerprint density at radius 3 is 1.50 bits per heavy atom. The van der Waals surface area contributed by atoms with Crippen LogP contribution in [0.3, 0.4) is 0 Å². The number of rotatable bonds is 6. The van der Waals surface area contributed by atoms with Gasteiger partial charge in [0.05, 0.1) is 0 Å². The van der Waals surface area contributed by atoms with Crippen LogP contribution in [0.5, 0.6) is 0 Å². The number of alkyl halides is 4. The van der Waals surface area contributed by atoms with Crippen LogP contribution < -0.4 is 6.15 Å². The summed E-state index contributed by atoms with van der Waals surface area (Å²) in [6.07, 6.45) is 0.898. The Balaban J connectivity index is 0. The molecule has 16 heavy (non-hydrogen) atoms. The molecule has 0 heterocycles. The second-order valence-corrected chi connectivity index (χ2v) is 11.2. The monoisotopic (exact) mass is 511 g/mol. The third kappa shape index (κ3) is 8.99. The summed E-state index contributed by atoms with van der Waals surface area (Å²) in [5.41, 5.74) is 0. The van der Waals surface area contributed by atoms with E-state index in [1.54, 1.807) is 13.8 Å². The van der Waals surface area contributed by atoms with E-state index >= 15 is 0 Å². The van der Waals surface area contributed by atoms with Crippen molar-refractivity contribution in [2.24, 2.45) is 0 Å². The standard InChI is InChI=1S/C6H11Br4O4P.H3N/c1-3-5(7,8)13-15(11,12)14-6(9,10)4-2;/h3-4H2,1-2H3,(H,11,12);1H3. The van der Waals surface area contributed by atoms with Gasteiger partial charge in [-0.2, -0.15) is 0 Å². The summed E-state index contributed by atoms with van der Waals surface area (Å²) in [7, 11) is -4.16. The Labute approximate surface area is 129 Å². The van der Waals surface area contributed by atoms with Crippen LogP contribution in [0.2, 0.25) is 0 Å². The zero-order valence-electron chi connectivity index (χ0n) is 8.75. The number of hydrogen-bond donors (Lipinski definition) is 2. The summed E-state index contributed by atoms with van der Waals surface area (Å²) in [5, 5.41) is 0. The van der Waals surface area contributed by atoms with Crippen molar-refractivity contribution >= 4 is 71.5 Å². The van der Waals surface area contributed by atoms with E-state index in [0.29, 0.717) is 12.8 Å². The largest absolute Gasteiger partial charge is 0.476 e. The molecule has 4 N–H and O–H groups in total. The lowest BCUT2D eigenvalue weighted by Crippen LogP contribution is -2.19. The molecule has 0 aliphatic carbocycles. The minimum Gasteiger partial charge on any atom is -0.344 e. The lowest BCUT2D eigenvalue weighted by atomic mass is 10.5. The minimum absolute atomic E-state index is 0. The third-order valence-corrected chi connectivity index (χ3v) is 6.30. The van der Waals surface area contributed by atoms with Gasteiger partial charge in [0.2, 0.25) is 0 Å².